The van der Waals surface area contributed by atoms with Crippen molar-refractivity contribution < 1.29 is 5.21 Å². The highest BCUT2D eigenvalue weighted by atomic mass is 16.5. The lowest BCUT2D eigenvalue weighted by atomic mass is 10.2. The van der Waals surface area contributed by atoms with Crippen LogP contribution in [-0.4, -0.2) is 24.8 Å². The predicted molar refractivity (Wildman–Crippen MR) is 53.6 cm³/mol. The molecule has 0 unspecified atom stereocenters. The summed E-state index contributed by atoms with van der Waals surface area (Å²) in [4.78, 5) is 8.50. The van der Waals surface area contributed by atoms with E-state index in [-0.39, 0.29) is 6.54 Å². The molecule has 15 heavy (non-hydrogen) atoms. The smallest absolute Gasteiger partial charge is 0.252 e. The van der Waals surface area contributed by atoms with Crippen molar-refractivity contribution in [1.82, 2.24) is 25.1 Å². The molecule has 0 saturated carbocycles. The largest absolute Gasteiger partial charge is 0.316 e. The Morgan fingerprint density at radius 3 is 2.67 bits per heavy atom. The van der Waals surface area contributed by atoms with E-state index >= 15 is 0 Å². The standard InChI is InChI=1S/C9H13N5O/c1-5-6(2)11-9-12-8(4-10-15)13-14(9)7(5)3/h10,15H,4H2,1-3H3. The van der Waals surface area contributed by atoms with E-state index in [9.17, 15) is 0 Å². The highest BCUT2D eigenvalue weighted by Crippen LogP contribution is 2.11. The van der Waals surface area contributed by atoms with E-state index in [0.717, 1.165) is 17.0 Å². The summed E-state index contributed by atoms with van der Waals surface area (Å²) in [6.45, 7) is 6.15. The lowest BCUT2D eigenvalue weighted by molar-refractivity contribution is 0.158. The Bertz CT molecular complexity index is 505. The summed E-state index contributed by atoms with van der Waals surface area (Å²) in [5.41, 5.74) is 5.11. The number of hydroxylamine groups is 1. The third kappa shape index (κ3) is 1.57. The highest BCUT2D eigenvalue weighted by molar-refractivity contribution is 5.35. The zero-order chi connectivity index (χ0) is 11.0. The van der Waals surface area contributed by atoms with Gasteiger partial charge in [0.05, 0.1) is 6.54 Å². The molecule has 2 N–H and O–H groups in total. The third-order valence-corrected chi connectivity index (χ3v) is 2.54. The van der Waals surface area contributed by atoms with Crippen molar-refractivity contribution in [3.05, 3.63) is 22.8 Å². The van der Waals surface area contributed by atoms with E-state index in [1.807, 2.05) is 26.3 Å². The molecule has 0 aromatic carbocycles. The minimum Gasteiger partial charge on any atom is -0.316 e. The van der Waals surface area contributed by atoms with Crippen molar-refractivity contribution in [2.45, 2.75) is 27.3 Å². The monoisotopic (exact) mass is 207 g/mol. The molecule has 0 aliphatic carbocycles. The van der Waals surface area contributed by atoms with Crippen LogP contribution in [0.4, 0.5) is 0 Å². The first-order chi connectivity index (χ1) is 7.13. The van der Waals surface area contributed by atoms with Gasteiger partial charge in [0.25, 0.3) is 5.78 Å². The van der Waals surface area contributed by atoms with Crippen LogP contribution in [0.2, 0.25) is 0 Å². The Balaban J connectivity index is 2.65. The highest BCUT2D eigenvalue weighted by Gasteiger charge is 2.09. The number of aromatic nitrogens is 4. The van der Waals surface area contributed by atoms with Gasteiger partial charge in [-0.15, -0.1) is 5.10 Å². The summed E-state index contributed by atoms with van der Waals surface area (Å²) in [7, 11) is 0. The van der Waals surface area contributed by atoms with Gasteiger partial charge in [0.1, 0.15) is 0 Å². The van der Waals surface area contributed by atoms with Gasteiger partial charge in [-0.2, -0.15) is 10.5 Å². The number of nitrogens with zero attached hydrogens (tertiary/aromatic N) is 4. The lowest BCUT2D eigenvalue weighted by Crippen LogP contribution is -2.08. The third-order valence-electron chi connectivity index (χ3n) is 2.54. The molecule has 0 radical (unpaired) electrons. The zero-order valence-corrected chi connectivity index (χ0v) is 8.94. The molecule has 0 aliphatic heterocycles. The van der Waals surface area contributed by atoms with Gasteiger partial charge in [0, 0.05) is 11.4 Å². The van der Waals surface area contributed by atoms with E-state index in [1.165, 1.54) is 0 Å². The van der Waals surface area contributed by atoms with Gasteiger partial charge in [0.15, 0.2) is 5.82 Å². The first-order valence-corrected chi connectivity index (χ1v) is 4.70. The van der Waals surface area contributed by atoms with Crippen LogP contribution in [0, 0.1) is 20.8 Å². The van der Waals surface area contributed by atoms with Crippen molar-refractivity contribution in [2.24, 2.45) is 0 Å². The van der Waals surface area contributed by atoms with Crippen LogP contribution in [0.1, 0.15) is 22.8 Å². The van der Waals surface area contributed by atoms with Gasteiger partial charge in [-0.3, -0.25) is 0 Å². The van der Waals surface area contributed by atoms with Gasteiger partial charge < -0.3 is 5.21 Å². The molecule has 2 aromatic rings. The summed E-state index contributed by atoms with van der Waals surface area (Å²) in [5.74, 6) is 1.10. The van der Waals surface area contributed by atoms with Crippen LogP contribution in [0.5, 0.6) is 0 Å². The van der Waals surface area contributed by atoms with Crippen molar-refractivity contribution in [1.29, 1.82) is 0 Å². The average Bonchev–Trinajstić information content (AvgIpc) is 2.58. The molecule has 0 spiro atoms. The molecule has 0 aliphatic rings. The first kappa shape index (κ1) is 10.0. The van der Waals surface area contributed by atoms with E-state index in [2.05, 4.69) is 15.1 Å². The van der Waals surface area contributed by atoms with Crippen molar-refractivity contribution in [3.63, 3.8) is 0 Å². The minimum absolute atomic E-state index is 0.223. The van der Waals surface area contributed by atoms with Crippen LogP contribution >= 0.6 is 0 Å². The van der Waals surface area contributed by atoms with E-state index in [4.69, 9.17) is 5.21 Å². The molecule has 0 atom stereocenters. The van der Waals surface area contributed by atoms with Gasteiger partial charge in [0.2, 0.25) is 0 Å². The Hall–Kier alpha value is -1.53. The molecule has 0 saturated heterocycles. The van der Waals surface area contributed by atoms with Gasteiger partial charge in [-0.05, 0) is 26.3 Å². The molecular formula is C9H13N5O. The van der Waals surface area contributed by atoms with Crippen LogP contribution in [-0.2, 0) is 6.54 Å². The Labute approximate surface area is 86.9 Å². The molecule has 2 rings (SSSR count). The van der Waals surface area contributed by atoms with E-state index in [1.54, 1.807) is 4.52 Å². The number of fused-ring (bicyclic) bond motifs is 1. The van der Waals surface area contributed by atoms with Crippen molar-refractivity contribution in [2.75, 3.05) is 0 Å². The summed E-state index contributed by atoms with van der Waals surface area (Å²) in [6, 6.07) is 0. The summed E-state index contributed by atoms with van der Waals surface area (Å²) in [5, 5.41) is 12.8. The second kappa shape index (κ2) is 3.56. The van der Waals surface area contributed by atoms with Crippen LogP contribution in [0.3, 0.4) is 0 Å². The topological polar surface area (TPSA) is 75.3 Å². The number of rotatable bonds is 2. The number of hydrogen-bond acceptors (Lipinski definition) is 5. The molecule has 0 amide bonds. The summed E-state index contributed by atoms with van der Waals surface area (Å²) < 4.78 is 1.69. The molecule has 0 fully saturated rings. The molecule has 0 bridgehead atoms. The van der Waals surface area contributed by atoms with Crippen LogP contribution in [0.15, 0.2) is 0 Å². The van der Waals surface area contributed by atoms with E-state index < -0.39 is 0 Å². The molecule has 2 aromatic heterocycles. The SMILES string of the molecule is Cc1nc2nc(CNO)nn2c(C)c1C. The Morgan fingerprint density at radius 2 is 2.00 bits per heavy atom. The predicted octanol–water partition coefficient (Wildman–Crippen LogP) is 0.528. The number of nitrogens with one attached hydrogen (secondary N) is 1. The quantitative estimate of drug-likeness (QED) is 0.702. The van der Waals surface area contributed by atoms with Gasteiger partial charge in [-0.1, -0.05) is 0 Å². The fraction of sp³-hybridized carbons (Fsp3) is 0.444. The van der Waals surface area contributed by atoms with E-state index in [0.29, 0.717) is 11.6 Å². The normalized spacial score (nSPS) is 11.2. The molecule has 80 valence electrons. The lowest BCUT2D eigenvalue weighted by Gasteiger charge is -2.04. The maximum atomic E-state index is 8.56. The Kier molecular flexibility index (Phi) is 2.37. The summed E-state index contributed by atoms with van der Waals surface area (Å²) >= 11 is 0. The maximum absolute atomic E-state index is 8.56. The fourth-order valence-corrected chi connectivity index (χ4v) is 1.44. The van der Waals surface area contributed by atoms with Crippen molar-refractivity contribution in [3.8, 4) is 0 Å². The van der Waals surface area contributed by atoms with Crippen molar-refractivity contribution >= 4 is 5.78 Å². The minimum atomic E-state index is 0.223. The second-order valence-corrected chi connectivity index (χ2v) is 3.48. The van der Waals surface area contributed by atoms with Gasteiger partial charge in [-0.25, -0.2) is 9.50 Å². The first-order valence-electron chi connectivity index (χ1n) is 4.70. The summed E-state index contributed by atoms with van der Waals surface area (Å²) in [6.07, 6.45) is 0. The van der Waals surface area contributed by atoms with Gasteiger partial charge >= 0.3 is 0 Å². The van der Waals surface area contributed by atoms with Crippen LogP contribution in [0.25, 0.3) is 5.78 Å². The molecule has 6 nitrogen and oxygen atoms in total. The maximum Gasteiger partial charge on any atom is 0.252 e. The average molecular weight is 207 g/mol. The fourth-order valence-electron chi connectivity index (χ4n) is 1.44. The van der Waals surface area contributed by atoms with Crippen LogP contribution < -0.4 is 5.48 Å². The number of hydrogen-bond donors (Lipinski definition) is 2. The molecular weight excluding hydrogens is 194 g/mol. The molecule has 2 heterocycles. The second-order valence-electron chi connectivity index (χ2n) is 3.48. The molecule has 6 heteroatoms. The Morgan fingerprint density at radius 1 is 1.27 bits per heavy atom. The zero-order valence-electron chi connectivity index (χ0n) is 8.94. The number of aryl methyl sites for hydroxylation is 2.